The molecular weight excluding hydrogens is 206 g/mol. The van der Waals surface area contributed by atoms with Crippen LogP contribution in [-0.4, -0.2) is 16.5 Å². The fourth-order valence-corrected chi connectivity index (χ4v) is 2.49. The average Bonchev–Trinajstić information content (AvgIpc) is 3.01. The Bertz CT molecular complexity index is 385. The Morgan fingerprint density at radius 3 is 2.87 bits per heavy atom. The van der Waals surface area contributed by atoms with Gasteiger partial charge in [0.2, 0.25) is 0 Å². The lowest BCUT2D eigenvalue weighted by molar-refractivity contribution is 0.101. The maximum absolute atomic E-state index is 11.4. The lowest BCUT2D eigenvalue weighted by Gasteiger charge is -2.06. The molecule has 1 fully saturated rings. The molecule has 0 amide bonds. The van der Waals surface area contributed by atoms with Crippen LogP contribution in [0.1, 0.15) is 48.7 Å². The van der Waals surface area contributed by atoms with Gasteiger partial charge in [-0.3, -0.25) is 9.78 Å². The van der Waals surface area contributed by atoms with E-state index in [9.17, 15) is 4.79 Å². The Hall–Kier alpha value is -0.830. The molecule has 1 aromatic rings. The summed E-state index contributed by atoms with van der Waals surface area (Å²) >= 11 is 1.71. The summed E-state index contributed by atoms with van der Waals surface area (Å²) in [7, 11) is 0. The Labute approximate surface area is 94.5 Å². The van der Waals surface area contributed by atoms with Crippen LogP contribution in [-0.2, 0) is 0 Å². The molecule has 1 saturated carbocycles. The van der Waals surface area contributed by atoms with Crippen LogP contribution in [0.15, 0.2) is 17.2 Å². The fraction of sp³-hybridized carbons (Fsp3) is 0.500. The van der Waals surface area contributed by atoms with E-state index in [-0.39, 0.29) is 5.78 Å². The van der Waals surface area contributed by atoms with Crippen LogP contribution in [0.2, 0.25) is 0 Å². The molecule has 0 unspecified atom stereocenters. The van der Waals surface area contributed by atoms with Gasteiger partial charge in [0, 0.05) is 18.0 Å². The zero-order chi connectivity index (χ0) is 10.8. The minimum Gasteiger partial charge on any atom is -0.293 e. The summed E-state index contributed by atoms with van der Waals surface area (Å²) in [6.07, 6.45) is 4.42. The smallest absolute Gasteiger partial charge is 0.179 e. The van der Waals surface area contributed by atoms with Gasteiger partial charge in [-0.25, -0.2) is 0 Å². The normalized spacial score (nSPS) is 15.3. The monoisotopic (exact) mass is 221 g/mol. The molecule has 1 aromatic heterocycles. The van der Waals surface area contributed by atoms with E-state index in [0.29, 0.717) is 11.6 Å². The lowest BCUT2D eigenvalue weighted by Crippen LogP contribution is -2.00. The summed E-state index contributed by atoms with van der Waals surface area (Å²) in [6, 6.07) is 2.15. The molecule has 0 aromatic carbocycles. The van der Waals surface area contributed by atoms with Crippen molar-refractivity contribution >= 4 is 17.5 Å². The van der Waals surface area contributed by atoms with E-state index in [1.165, 1.54) is 18.4 Å². The van der Waals surface area contributed by atoms with Crippen molar-refractivity contribution in [2.24, 2.45) is 0 Å². The van der Waals surface area contributed by atoms with E-state index in [1.807, 2.05) is 6.20 Å². The number of Topliss-reactive ketones (excluding diaryl/α,β-unsaturated/α-hetero) is 1. The number of hydrogen-bond acceptors (Lipinski definition) is 3. The van der Waals surface area contributed by atoms with Gasteiger partial charge in [0.15, 0.2) is 5.78 Å². The molecule has 15 heavy (non-hydrogen) atoms. The summed E-state index contributed by atoms with van der Waals surface area (Å²) < 4.78 is 0. The van der Waals surface area contributed by atoms with E-state index in [0.717, 1.165) is 10.6 Å². The van der Waals surface area contributed by atoms with E-state index >= 15 is 0 Å². The van der Waals surface area contributed by atoms with Crippen molar-refractivity contribution in [3.8, 4) is 0 Å². The minimum absolute atomic E-state index is 0.0632. The number of aromatic nitrogens is 1. The van der Waals surface area contributed by atoms with Crippen LogP contribution >= 0.6 is 11.8 Å². The third kappa shape index (κ3) is 2.40. The van der Waals surface area contributed by atoms with E-state index in [2.05, 4.69) is 18.0 Å². The van der Waals surface area contributed by atoms with E-state index in [1.54, 1.807) is 18.7 Å². The van der Waals surface area contributed by atoms with Crippen LogP contribution in [0.4, 0.5) is 0 Å². The number of carbonyl (C=O) groups is 1. The Kier molecular flexibility index (Phi) is 3.10. The first kappa shape index (κ1) is 10.7. The first-order valence-corrected chi connectivity index (χ1v) is 6.34. The second-order valence-corrected chi connectivity index (χ2v) is 5.18. The first-order chi connectivity index (χ1) is 7.22. The number of thioether (sulfide) groups is 1. The fourth-order valence-electron chi connectivity index (χ4n) is 1.63. The van der Waals surface area contributed by atoms with Crippen LogP contribution in [0.5, 0.6) is 0 Å². The van der Waals surface area contributed by atoms with Crippen molar-refractivity contribution in [2.45, 2.75) is 37.5 Å². The van der Waals surface area contributed by atoms with E-state index in [4.69, 9.17) is 0 Å². The first-order valence-electron chi connectivity index (χ1n) is 5.36. The van der Waals surface area contributed by atoms with Gasteiger partial charge < -0.3 is 0 Å². The van der Waals surface area contributed by atoms with Crippen molar-refractivity contribution in [3.63, 3.8) is 0 Å². The SMILES string of the molecule is CCSc1cc(C2CC2)cnc1C(C)=O. The zero-order valence-corrected chi connectivity index (χ0v) is 9.93. The maximum atomic E-state index is 11.4. The topological polar surface area (TPSA) is 30.0 Å². The molecule has 1 heterocycles. The lowest BCUT2D eigenvalue weighted by atomic mass is 10.1. The number of nitrogens with zero attached hydrogens (tertiary/aromatic N) is 1. The number of carbonyl (C=O) groups excluding carboxylic acids is 1. The van der Waals surface area contributed by atoms with Gasteiger partial charge in [0.1, 0.15) is 5.69 Å². The molecule has 1 aliphatic carbocycles. The van der Waals surface area contributed by atoms with E-state index < -0.39 is 0 Å². The molecular formula is C12H15NOS. The third-order valence-corrected chi connectivity index (χ3v) is 3.47. The highest BCUT2D eigenvalue weighted by atomic mass is 32.2. The molecule has 3 heteroatoms. The molecule has 1 aliphatic rings. The maximum Gasteiger partial charge on any atom is 0.179 e. The Balaban J connectivity index is 2.34. The summed E-state index contributed by atoms with van der Waals surface area (Å²) in [5, 5.41) is 0. The van der Waals surface area contributed by atoms with Gasteiger partial charge in [0.05, 0.1) is 0 Å². The molecule has 0 bridgehead atoms. The molecule has 0 atom stereocenters. The summed E-state index contributed by atoms with van der Waals surface area (Å²) in [5.74, 6) is 1.75. The molecule has 2 rings (SSSR count). The number of ketones is 1. The largest absolute Gasteiger partial charge is 0.293 e. The van der Waals surface area contributed by atoms with Crippen molar-refractivity contribution in [2.75, 3.05) is 5.75 Å². The Morgan fingerprint density at radius 1 is 1.60 bits per heavy atom. The third-order valence-electron chi connectivity index (χ3n) is 2.56. The highest BCUT2D eigenvalue weighted by Crippen LogP contribution is 2.41. The standard InChI is InChI=1S/C12H15NOS/c1-3-15-11-6-10(9-4-5-9)7-13-12(11)8(2)14/h6-7,9H,3-5H2,1-2H3. The second-order valence-electron chi connectivity index (χ2n) is 3.88. The van der Waals surface area contributed by atoms with Crippen molar-refractivity contribution in [3.05, 3.63) is 23.5 Å². The average molecular weight is 221 g/mol. The highest BCUT2D eigenvalue weighted by Gasteiger charge is 2.25. The summed E-state index contributed by atoms with van der Waals surface area (Å²) in [5.41, 5.74) is 1.93. The second kappa shape index (κ2) is 4.35. The van der Waals surface area contributed by atoms with Gasteiger partial charge in [-0.1, -0.05) is 6.92 Å². The van der Waals surface area contributed by atoms with Crippen LogP contribution in [0.25, 0.3) is 0 Å². The van der Waals surface area contributed by atoms with Crippen LogP contribution in [0.3, 0.4) is 0 Å². The quantitative estimate of drug-likeness (QED) is 0.577. The molecule has 0 radical (unpaired) electrons. The van der Waals surface area contributed by atoms with Crippen molar-refractivity contribution < 1.29 is 4.79 Å². The molecule has 0 saturated heterocycles. The molecule has 0 aliphatic heterocycles. The molecule has 2 nitrogen and oxygen atoms in total. The summed E-state index contributed by atoms with van der Waals surface area (Å²) in [6.45, 7) is 3.68. The predicted molar refractivity (Wildman–Crippen MR) is 62.6 cm³/mol. The minimum atomic E-state index is 0.0632. The molecule has 0 N–H and O–H groups in total. The molecule has 80 valence electrons. The predicted octanol–water partition coefficient (Wildman–Crippen LogP) is 3.27. The van der Waals surface area contributed by atoms with Crippen molar-refractivity contribution in [1.29, 1.82) is 0 Å². The van der Waals surface area contributed by atoms with Gasteiger partial charge in [-0.15, -0.1) is 11.8 Å². The number of rotatable bonds is 4. The Morgan fingerprint density at radius 2 is 2.33 bits per heavy atom. The van der Waals surface area contributed by atoms with Gasteiger partial charge in [0.25, 0.3) is 0 Å². The number of hydrogen-bond donors (Lipinski definition) is 0. The zero-order valence-electron chi connectivity index (χ0n) is 9.12. The van der Waals surface area contributed by atoms with Gasteiger partial charge in [-0.05, 0) is 36.1 Å². The van der Waals surface area contributed by atoms with Crippen LogP contribution < -0.4 is 0 Å². The van der Waals surface area contributed by atoms with Crippen molar-refractivity contribution in [1.82, 2.24) is 4.98 Å². The highest BCUT2D eigenvalue weighted by molar-refractivity contribution is 7.99. The van der Waals surface area contributed by atoms with Gasteiger partial charge >= 0.3 is 0 Å². The number of pyridine rings is 1. The van der Waals surface area contributed by atoms with Gasteiger partial charge in [-0.2, -0.15) is 0 Å². The molecule has 0 spiro atoms. The van der Waals surface area contributed by atoms with Crippen LogP contribution in [0, 0.1) is 0 Å². The summed E-state index contributed by atoms with van der Waals surface area (Å²) in [4.78, 5) is 16.7.